The Kier molecular flexibility index (Phi) is 5.07. The molecule has 1 saturated carbocycles. The first-order valence-corrected chi connectivity index (χ1v) is 8.96. The lowest BCUT2D eigenvalue weighted by atomic mass is 9.82. The monoisotopic (exact) mass is 319 g/mol. The van der Waals surface area contributed by atoms with Crippen LogP contribution in [0, 0.1) is 6.92 Å². The highest BCUT2D eigenvalue weighted by atomic mass is 16.3. The fourth-order valence-electron chi connectivity index (χ4n) is 3.87. The van der Waals surface area contributed by atoms with Gasteiger partial charge in [-0.2, -0.15) is 0 Å². The van der Waals surface area contributed by atoms with Crippen LogP contribution in [0.3, 0.4) is 0 Å². The van der Waals surface area contributed by atoms with Crippen molar-refractivity contribution in [3.05, 3.63) is 23.7 Å². The Morgan fingerprint density at radius 2 is 1.96 bits per heavy atom. The second-order valence-corrected chi connectivity index (χ2v) is 7.13. The fourth-order valence-corrected chi connectivity index (χ4v) is 3.87. The fraction of sp³-hybridized carbons (Fsp3) is 0.722. The molecule has 1 aliphatic carbocycles. The lowest BCUT2D eigenvalue weighted by Crippen LogP contribution is -2.56. The smallest absolute Gasteiger partial charge is 0.240 e. The number of nitrogens with zero attached hydrogens (tertiary/aromatic N) is 1. The standard InChI is InChI=1S/C18H29N3O2/c1-14-7-8-16(23-14)15(21-11-5-6-12-21)13-20-17(22)18(19)9-3-2-4-10-18/h7-8,15H,2-6,9-13,19H2,1H3,(H,20,22). The summed E-state index contributed by atoms with van der Waals surface area (Å²) < 4.78 is 5.84. The first kappa shape index (κ1) is 16.5. The average Bonchev–Trinajstić information content (AvgIpc) is 3.20. The van der Waals surface area contributed by atoms with Crippen LogP contribution in [0.5, 0.6) is 0 Å². The number of likely N-dealkylation sites (tertiary alicyclic amines) is 1. The molecule has 23 heavy (non-hydrogen) atoms. The molecular formula is C18H29N3O2. The summed E-state index contributed by atoms with van der Waals surface area (Å²) in [5, 5.41) is 3.11. The number of nitrogens with two attached hydrogens (primary N) is 1. The summed E-state index contributed by atoms with van der Waals surface area (Å²) in [6.45, 7) is 4.66. The highest BCUT2D eigenvalue weighted by molar-refractivity contribution is 5.86. The van der Waals surface area contributed by atoms with Crippen LogP contribution in [-0.4, -0.2) is 36.0 Å². The van der Waals surface area contributed by atoms with E-state index in [0.717, 1.165) is 50.3 Å². The number of amides is 1. The highest BCUT2D eigenvalue weighted by Crippen LogP contribution is 2.28. The average molecular weight is 319 g/mol. The number of carbonyl (C=O) groups is 1. The molecule has 3 rings (SSSR count). The van der Waals surface area contributed by atoms with E-state index in [9.17, 15) is 4.79 Å². The Hall–Kier alpha value is -1.33. The highest BCUT2D eigenvalue weighted by Gasteiger charge is 2.36. The minimum absolute atomic E-state index is 0.00433. The van der Waals surface area contributed by atoms with Crippen molar-refractivity contribution >= 4 is 5.91 Å². The van der Waals surface area contributed by atoms with Gasteiger partial charge in [0.15, 0.2) is 0 Å². The van der Waals surface area contributed by atoms with Crippen molar-refractivity contribution in [2.24, 2.45) is 5.73 Å². The van der Waals surface area contributed by atoms with Gasteiger partial charge in [0.2, 0.25) is 5.91 Å². The van der Waals surface area contributed by atoms with Crippen LogP contribution >= 0.6 is 0 Å². The van der Waals surface area contributed by atoms with E-state index in [1.807, 2.05) is 19.1 Å². The maximum Gasteiger partial charge on any atom is 0.240 e. The predicted octanol–water partition coefficient (Wildman–Crippen LogP) is 2.50. The molecule has 0 aromatic carbocycles. The second-order valence-electron chi connectivity index (χ2n) is 7.13. The Labute approximate surface area is 138 Å². The van der Waals surface area contributed by atoms with Gasteiger partial charge in [0, 0.05) is 6.54 Å². The number of nitrogens with one attached hydrogen (secondary N) is 1. The SMILES string of the molecule is Cc1ccc(C(CNC(=O)C2(N)CCCCC2)N2CCCC2)o1. The summed E-state index contributed by atoms with van der Waals surface area (Å²) in [5.41, 5.74) is 5.66. The largest absolute Gasteiger partial charge is 0.465 e. The molecule has 0 spiro atoms. The molecule has 2 heterocycles. The van der Waals surface area contributed by atoms with E-state index in [4.69, 9.17) is 10.2 Å². The van der Waals surface area contributed by atoms with Crippen molar-refractivity contribution in [1.29, 1.82) is 0 Å². The van der Waals surface area contributed by atoms with Crippen molar-refractivity contribution in [2.75, 3.05) is 19.6 Å². The van der Waals surface area contributed by atoms with Crippen LogP contribution in [0.1, 0.15) is 62.5 Å². The van der Waals surface area contributed by atoms with Gasteiger partial charge in [-0.15, -0.1) is 0 Å². The Balaban J connectivity index is 1.65. The van der Waals surface area contributed by atoms with Gasteiger partial charge in [0.25, 0.3) is 0 Å². The molecule has 5 heteroatoms. The van der Waals surface area contributed by atoms with Gasteiger partial charge < -0.3 is 15.5 Å². The summed E-state index contributed by atoms with van der Waals surface area (Å²) >= 11 is 0. The summed E-state index contributed by atoms with van der Waals surface area (Å²) in [4.78, 5) is 15.0. The molecule has 1 saturated heterocycles. The van der Waals surface area contributed by atoms with E-state index in [2.05, 4.69) is 10.2 Å². The molecule has 1 atom stereocenters. The minimum Gasteiger partial charge on any atom is -0.465 e. The number of hydrogen-bond acceptors (Lipinski definition) is 4. The third kappa shape index (κ3) is 3.78. The molecule has 128 valence electrons. The molecule has 1 aromatic rings. The maximum atomic E-state index is 12.6. The van der Waals surface area contributed by atoms with Gasteiger partial charge in [-0.3, -0.25) is 9.69 Å². The summed E-state index contributed by atoms with van der Waals surface area (Å²) in [6, 6.07) is 4.14. The zero-order valence-corrected chi connectivity index (χ0v) is 14.1. The molecule has 2 fully saturated rings. The molecule has 1 aliphatic heterocycles. The molecule has 3 N–H and O–H groups in total. The number of aryl methyl sites for hydroxylation is 1. The quantitative estimate of drug-likeness (QED) is 0.875. The van der Waals surface area contributed by atoms with Crippen LogP contribution in [0.4, 0.5) is 0 Å². The van der Waals surface area contributed by atoms with E-state index < -0.39 is 5.54 Å². The molecule has 2 aliphatic rings. The Bertz CT molecular complexity index is 528. The zero-order valence-electron chi connectivity index (χ0n) is 14.1. The molecule has 0 radical (unpaired) electrons. The molecule has 5 nitrogen and oxygen atoms in total. The van der Waals surface area contributed by atoms with Gasteiger partial charge in [0.05, 0.1) is 11.6 Å². The second kappa shape index (κ2) is 7.05. The van der Waals surface area contributed by atoms with E-state index in [1.54, 1.807) is 0 Å². The third-order valence-electron chi connectivity index (χ3n) is 5.32. The van der Waals surface area contributed by atoms with Crippen LogP contribution < -0.4 is 11.1 Å². The number of carbonyl (C=O) groups excluding carboxylic acids is 1. The van der Waals surface area contributed by atoms with Crippen molar-refractivity contribution in [3.8, 4) is 0 Å². The van der Waals surface area contributed by atoms with Gasteiger partial charge in [-0.25, -0.2) is 0 Å². The van der Waals surface area contributed by atoms with E-state index in [-0.39, 0.29) is 11.9 Å². The van der Waals surface area contributed by atoms with Crippen molar-refractivity contribution < 1.29 is 9.21 Å². The molecule has 1 unspecified atom stereocenters. The molecule has 1 aromatic heterocycles. The zero-order chi connectivity index (χ0) is 16.3. The molecular weight excluding hydrogens is 290 g/mol. The lowest BCUT2D eigenvalue weighted by Gasteiger charge is -2.33. The minimum atomic E-state index is -0.674. The van der Waals surface area contributed by atoms with E-state index in [0.29, 0.717) is 6.54 Å². The summed E-state index contributed by atoms with van der Waals surface area (Å²) in [7, 11) is 0. The molecule has 0 bridgehead atoms. The van der Waals surface area contributed by atoms with Crippen molar-refractivity contribution in [2.45, 2.75) is 63.5 Å². The Morgan fingerprint density at radius 3 is 2.57 bits per heavy atom. The van der Waals surface area contributed by atoms with E-state index in [1.165, 1.54) is 19.3 Å². The maximum absolute atomic E-state index is 12.6. The first-order chi connectivity index (χ1) is 11.1. The number of furan rings is 1. The number of rotatable bonds is 5. The van der Waals surface area contributed by atoms with Crippen LogP contribution in [-0.2, 0) is 4.79 Å². The lowest BCUT2D eigenvalue weighted by molar-refractivity contribution is -0.127. The number of hydrogen-bond donors (Lipinski definition) is 2. The summed E-state index contributed by atoms with van der Waals surface area (Å²) in [6.07, 6.45) is 7.32. The topological polar surface area (TPSA) is 71.5 Å². The van der Waals surface area contributed by atoms with E-state index >= 15 is 0 Å². The normalized spacial score (nSPS) is 22.9. The van der Waals surface area contributed by atoms with Crippen LogP contribution in [0.15, 0.2) is 16.5 Å². The predicted molar refractivity (Wildman–Crippen MR) is 90.0 cm³/mol. The summed E-state index contributed by atoms with van der Waals surface area (Å²) in [5.74, 6) is 1.86. The van der Waals surface area contributed by atoms with Crippen LogP contribution in [0.2, 0.25) is 0 Å². The van der Waals surface area contributed by atoms with Crippen LogP contribution in [0.25, 0.3) is 0 Å². The van der Waals surface area contributed by atoms with Gasteiger partial charge >= 0.3 is 0 Å². The van der Waals surface area contributed by atoms with Crippen molar-refractivity contribution in [1.82, 2.24) is 10.2 Å². The van der Waals surface area contributed by atoms with Gasteiger partial charge in [-0.05, 0) is 57.8 Å². The third-order valence-corrected chi connectivity index (χ3v) is 5.32. The van der Waals surface area contributed by atoms with Crippen molar-refractivity contribution in [3.63, 3.8) is 0 Å². The first-order valence-electron chi connectivity index (χ1n) is 8.96. The van der Waals surface area contributed by atoms with Gasteiger partial charge in [-0.1, -0.05) is 19.3 Å². The van der Waals surface area contributed by atoms with Gasteiger partial charge in [0.1, 0.15) is 11.5 Å². The molecule has 1 amide bonds. The Morgan fingerprint density at radius 1 is 1.26 bits per heavy atom.